The van der Waals surface area contributed by atoms with Crippen LogP contribution in [0.4, 0.5) is 5.69 Å². The molecule has 0 radical (unpaired) electrons. The van der Waals surface area contributed by atoms with Gasteiger partial charge in [0, 0.05) is 5.69 Å². The Kier molecular flexibility index (Phi) is 10.7. The Morgan fingerprint density at radius 2 is 1.42 bits per heavy atom. The first-order valence-corrected chi connectivity index (χ1v) is 11.6. The minimum atomic E-state index is -1.80. The third-order valence-electron chi connectivity index (χ3n) is 5.64. The standard InChI is InChI=1S/C28H33NO7/c1-33-23-15-13-22(14-16-23)29-24(19-35-17-20-9-5-3-6-10-20)27(25(30)26(31)28(32)34-2)36-18-21-11-7-4-8-12-21/h3-16,24-27,29-31H,17-19H2,1-2H3/t24-,25-,26-,27+/m1/s1. The second-order valence-electron chi connectivity index (χ2n) is 8.20. The lowest BCUT2D eigenvalue weighted by molar-refractivity contribution is -0.166. The van der Waals surface area contributed by atoms with Crippen molar-refractivity contribution < 1.29 is 34.0 Å². The van der Waals surface area contributed by atoms with Gasteiger partial charge in [-0.15, -0.1) is 0 Å². The molecule has 0 saturated carbocycles. The van der Waals surface area contributed by atoms with E-state index in [1.54, 1.807) is 19.2 Å². The van der Waals surface area contributed by atoms with Gasteiger partial charge in [-0.1, -0.05) is 60.7 Å². The number of aliphatic hydroxyl groups is 2. The molecule has 0 amide bonds. The predicted octanol–water partition coefficient (Wildman–Crippen LogP) is 3.17. The minimum Gasteiger partial charge on any atom is -0.497 e. The predicted molar refractivity (Wildman–Crippen MR) is 136 cm³/mol. The Bertz CT molecular complexity index is 1030. The topological polar surface area (TPSA) is 106 Å². The van der Waals surface area contributed by atoms with Crippen molar-refractivity contribution in [1.29, 1.82) is 0 Å². The van der Waals surface area contributed by atoms with Crippen LogP contribution in [-0.4, -0.2) is 61.4 Å². The van der Waals surface area contributed by atoms with Crippen molar-refractivity contribution in [3.05, 3.63) is 96.1 Å². The highest BCUT2D eigenvalue weighted by Gasteiger charge is 2.38. The molecule has 192 valence electrons. The van der Waals surface area contributed by atoms with Crippen LogP contribution in [0.1, 0.15) is 11.1 Å². The Morgan fingerprint density at radius 3 is 1.97 bits per heavy atom. The molecule has 0 aliphatic rings. The van der Waals surface area contributed by atoms with E-state index in [1.165, 1.54) is 0 Å². The Hall–Kier alpha value is -3.43. The van der Waals surface area contributed by atoms with Crippen molar-refractivity contribution >= 4 is 11.7 Å². The molecule has 36 heavy (non-hydrogen) atoms. The van der Waals surface area contributed by atoms with Crippen LogP contribution in [0.3, 0.4) is 0 Å². The fourth-order valence-electron chi connectivity index (χ4n) is 3.66. The normalized spacial score (nSPS) is 14.3. The summed E-state index contributed by atoms with van der Waals surface area (Å²) >= 11 is 0. The summed E-state index contributed by atoms with van der Waals surface area (Å²) < 4.78 is 21.9. The quantitative estimate of drug-likeness (QED) is 0.293. The summed E-state index contributed by atoms with van der Waals surface area (Å²) in [5.41, 5.74) is 2.57. The average Bonchev–Trinajstić information content (AvgIpc) is 2.93. The van der Waals surface area contributed by atoms with Gasteiger partial charge in [-0.2, -0.15) is 0 Å². The van der Waals surface area contributed by atoms with Gasteiger partial charge in [-0.3, -0.25) is 0 Å². The zero-order valence-corrected chi connectivity index (χ0v) is 20.4. The van der Waals surface area contributed by atoms with Crippen LogP contribution in [0, 0.1) is 0 Å². The molecule has 3 aromatic carbocycles. The van der Waals surface area contributed by atoms with Crippen LogP contribution in [0.25, 0.3) is 0 Å². The lowest BCUT2D eigenvalue weighted by atomic mass is 10.00. The molecule has 0 aliphatic carbocycles. The highest BCUT2D eigenvalue weighted by molar-refractivity contribution is 5.75. The van der Waals surface area contributed by atoms with Crippen LogP contribution in [0.15, 0.2) is 84.9 Å². The summed E-state index contributed by atoms with van der Waals surface area (Å²) in [5.74, 6) is -0.264. The maximum Gasteiger partial charge on any atom is 0.337 e. The lowest BCUT2D eigenvalue weighted by Crippen LogP contribution is -2.53. The third kappa shape index (κ3) is 8.07. The zero-order valence-electron chi connectivity index (χ0n) is 20.4. The highest BCUT2D eigenvalue weighted by atomic mass is 16.5. The molecule has 0 fully saturated rings. The van der Waals surface area contributed by atoms with Gasteiger partial charge >= 0.3 is 5.97 Å². The van der Waals surface area contributed by atoms with Gasteiger partial charge in [0.15, 0.2) is 6.10 Å². The molecule has 4 atom stereocenters. The molecule has 0 unspecified atom stereocenters. The molecule has 8 heteroatoms. The summed E-state index contributed by atoms with van der Waals surface area (Å²) in [7, 11) is 2.73. The highest BCUT2D eigenvalue weighted by Crippen LogP contribution is 2.21. The number of carbonyl (C=O) groups is 1. The van der Waals surface area contributed by atoms with Crippen molar-refractivity contribution in [1.82, 2.24) is 0 Å². The molecule has 0 aromatic heterocycles. The van der Waals surface area contributed by atoms with E-state index in [0.29, 0.717) is 12.4 Å². The minimum absolute atomic E-state index is 0.116. The first-order chi connectivity index (χ1) is 17.5. The summed E-state index contributed by atoms with van der Waals surface area (Å²) in [5, 5.41) is 24.8. The first kappa shape index (κ1) is 27.2. The first-order valence-electron chi connectivity index (χ1n) is 11.6. The maximum atomic E-state index is 12.0. The summed E-state index contributed by atoms with van der Waals surface area (Å²) in [4.78, 5) is 12.0. The lowest BCUT2D eigenvalue weighted by Gasteiger charge is -2.33. The van der Waals surface area contributed by atoms with Gasteiger partial charge in [-0.25, -0.2) is 4.79 Å². The molecule has 8 nitrogen and oxygen atoms in total. The van der Waals surface area contributed by atoms with E-state index in [4.69, 9.17) is 14.2 Å². The van der Waals surface area contributed by atoms with Crippen LogP contribution in [-0.2, 0) is 32.2 Å². The average molecular weight is 496 g/mol. The number of anilines is 1. The van der Waals surface area contributed by atoms with Crippen molar-refractivity contribution in [3.63, 3.8) is 0 Å². The number of methoxy groups -OCH3 is 2. The molecule has 0 saturated heterocycles. The fraction of sp³-hybridized carbons (Fsp3) is 0.321. The Labute approximate surface area is 211 Å². The van der Waals surface area contributed by atoms with E-state index in [2.05, 4.69) is 10.1 Å². The number of carbonyl (C=O) groups excluding carboxylic acids is 1. The van der Waals surface area contributed by atoms with Gasteiger partial charge in [0.1, 0.15) is 18.0 Å². The third-order valence-corrected chi connectivity index (χ3v) is 5.64. The Balaban J connectivity index is 1.84. The monoisotopic (exact) mass is 495 g/mol. The number of hydrogen-bond donors (Lipinski definition) is 3. The van der Waals surface area contributed by atoms with Gasteiger partial charge in [0.05, 0.1) is 40.1 Å². The maximum absolute atomic E-state index is 12.0. The number of esters is 1. The van der Waals surface area contributed by atoms with E-state index in [0.717, 1.165) is 23.9 Å². The molecule has 0 aliphatic heterocycles. The second kappa shape index (κ2) is 14.2. The van der Waals surface area contributed by atoms with Crippen LogP contribution in [0.5, 0.6) is 5.75 Å². The number of nitrogens with one attached hydrogen (secondary N) is 1. The molecule has 3 aromatic rings. The van der Waals surface area contributed by atoms with Crippen molar-refractivity contribution in [2.45, 2.75) is 37.6 Å². The second-order valence-corrected chi connectivity index (χ2v) is 8.20. The van der Waals surface area contributed by atoms with Crippen LogP contribution in [0.2, 0.25) is 0 Å². The zero-order chi connectivity index (χ0) is 25.8. The molecule has 0 bridgehead atoms. The van der Waals surface area contributed by atoms with Crippen LogP contribution < -0.4 is 10.1 Å². The fourth-order valence-corrected chi connectivity index (χ4v) is 3.66. The van der Waals surface area contributed by atoms with E-state index in [-0.39, 0.29) is 13.2 Å². The molecule has 0 spiro atoms. The number of benzene rings is 3. The van der Waals surface area contributed by atoms with E-state index >= 15 is 0 Å². The smallest absolute Gasteiger partial charge is 0.337 e. The van der Waals surface area contributed by atoms with Crippen molar-refractivity contribution in [2.75, 3.05) is 26.1 Å². The van der Waals surface area contributed by atoms with E-state index in [1.807, 2.05) is 72.8 Å². The van der Waals surface area contributed by atoms with E-state index in [9.17, 15) is 15.0 Å². The van der Waals surface area contributed by atoms with E-state index < -0.39 is 30.3 Å². The molecule has 3 N–H and O–H groups in total. The summed E-state index contributed by atoms with van der Waals surface area (Å²) in [6.07, 6.45) is -4.42. The van der Waals surface area contributed by atoms with Gasteiger partial charge < -0.3 is 34.5 Å². The van der Waals surface area contributed by atoms with Crippen molar-refractivity contribution in [3.8, 4) is 5.75 Å². The summed E-state index contributed by atoms with van der Waals surface area (Å²) in [6.45, 7) is 0.601. The van der Waals surface area contributed by atoms with Gasteiger partial charge in [0.25, 0.3) is 0 Å². The van der Waals surface area contributed by atoms with Crippen molar-refractivity contribution in [2.24, 2.45) is 0 Å². The molecule has 0 heterocycles. The van der Waals surface area contributed by atoms with Gasteiger partial charge in [-0.05, 0) is 35.4 Å². The van der Waals surface area contributed by atoms with Crippen LogP contribution >= 0.6 is 0 Å². The summed E-state index contributed by atoms with van der Waals surface area (Å²) in [6, 6.07) is 25.7. The van der Waals surface area contributed by atoms with Gasteiger partial charge in [0.2, 0.25) is 0 Å². The number of ether oxygens (including phenoxy) is 4. The largest absolute Gasteiger partial charge is 0.497 e. The SMILES string of the molecule is COC(=O)[C@H](O)[C@@H](O)[C@@H](OCc1ccccc1)[C@@H](COCc1ccccc1)Nc1ccc(OC)cc1. The number of aliphatic hydroxyl groups excluding tert-OH is 2. The molecular formula is C28H33NO7. The molecular weight excluding hydrogens is 462 g/mol. The molecule has 3 rings (SSSR count). The number of rotatable bonds is 14. The number of hydrogen-bond acceptors (Lipinski definition) is 8. The Morgan fingerprint density at radius 1 is 0.833 bits per heavy atom.